The Hall–Kier alpha value is -1.68. The maximum atomic E-state index is 5.74. The van der Waals surface area contributed by atoms with Gasteiger partial charge in [0.1, 0.15) is 0 Å². The molecule has 0 atom stereocenters. The van der Waals surface area contributed by atoms with E-state index in [1.807, 2.05) is 30.3 Å². The number of benzene rings is 1. The predicted molar refractivity (Wildman–Crippen MR) is 75.8 cm³/mol. The largest absolute Gasteiger partial charge is 0.419 e. The molecule has 2 saturated carbocycles. The molecule has 0 bridgehead atoms. The van der Waals surface area contributed by atoms with Gasteiger partial charge in [-0.05, 0) is 49.7 Å². The molecule has 0 spiro atoms. The van der Waals surface area contributed by atoms with Crippen LogP contribution in [0.2, 0.25) is 0 Å². The van der Waals surface area contributed by atoms with Crippen LogP contribution in [0.5, 0.6) is 0 Å². The molecule has 1 N–H and O–H groups in total. The van der Waals surface area contributed by atoms with Gasteiger partial charge in [-0.1, -0.05) is 18.2 Å². The Labute approximate surface area is 118 Å². The number of hydrogen-bond acceptors (Lipinski definition) is 4. The average Bonchev–Trinajstić information content (AvgIpc) is 3.41. The van der Waals surface area contributed by atoms with Gasteiger partial charge in [-0.15, -0.1) is 10.2 Å². The van der Waals surface area contributed by atoms with Gasteiger partial charge in [0.05, 0.1) is 6.54 Å². The Morgan fingerprint density at radius 3 is 2.40 bits per heavy atom. The Bertz CT molecular complexity index is 560. The Morgan fingerprint density at radius 1 is 1.05 bits per heavy atom. The zero-order chi connectivity index (χ0) is 13.4. The first-order chi connectivity index (χ1) is 9.90. The molecule has 104 valence electrons. The van der Waals surface area contributed by atoms with Crippen molar-refractivity contribution in [1.29, 1.82) is 0 Å². The zero-order valence-electron chi connectivity index (χ0n) is 11.5. The van der Waals surface area contributed by atoms with E-state index in [1.54, 1.807) is 0 Å². The summed E-state index contributed by atoms with van der Waals surface area (Å²) in [6, 6.07) is 10.6. The maximum Gasteiger partial charge on any atom is 0.247 e. The van der Waals surface area contributed by atoms with Gasteiger partial charge in [0, 0.05) is 11.6 Å². The van der Waals surface area contributed by atoms with E-state index in [2.05, 4.69) is 15.5 Å². The molecule has 0 saturated heterocycles. The lowest BCUT2D eigenvalue weighted by Crippen LogP contribution is -2.32. The van der Waals surface area contributed by atoms with Gasteiger partial charge in [0.15, 0.2) is 0 Å². The highest BCUT2D eigenvalue weighted by Gasteiger charge is 2.41. The summed E-state index contributed by atoms with van der Waals surface area (Å²) in [5.74, 6) is 3.07. The molecule has 1 heterocycles. The van der Waals surface area contributed by atoms with Crippen LogP contribution in [0.1, 0.15) is 31.6 Å². The molecule has 20 heavy (non-hydrogen) atoms. The second-order valence-corrected chi connectivity index (χ2v) is 5.95. The normalized spacial score (nSPS) is 18.6. The third-order valence-electron chi connectivity index (χ3n) is 4.24. The van der Waals surface area contributed by atoms with Crippen LogP contribution in [0, 0.1) is 11.8 Å². The summed E-state index contributed by atoms with van der Waals surface area (Å²) >= 11 is 0. The highest BCUT2D eigenvalue weighted by atomic mass is 16.4. The van der Waals surface area contributed by atoms with Crippen molar-refractivity contribution in [2.24, 2.45) is 11.8 Å². The van der Waals surface area contributed by atoms with Gasteiger partial charge in [0.2, 0.25) is 11.8 Å². The van der Waals surface area contributed by atoms with Crippen LogP contribution < -0.4 is 5.32 Å². The fourth-order valence-electron chi connectivity index (χ4n) is 2.86. The predicted octanol–water partition coefficient (Wildman–Crippen LogP) is 3.01. The van der Waals surface area contributed by atoms with Crippen molar-refractivity contribution in [2.45, 2.75) is 38.3 Å². The molecule has 2 aliphatic carbocycles. The SMILES string of the molecule is c1ccc(-c2nnc(CNC(C3CC3)C3CC3)o2)cc1. The van der Waals surface area contributed by atoms with E-state index < -0.39 is 0 Å². The van der Waals surface area contributed by atoms with Crippen molar-refractivity contribution in [3.8, 4) is 11.5 Å². The first-order valence-electron chi connectivity index (χ1n) is 7.51. The summed E-state index contributed by atoms with van der Waals surface area (Å²) in [5.41, 5.74) is 0.979. The fourth-order valence-corrected chi connectivity index (χ4v) is 2.86. The molecular formula is C16H19N3O. The van der Waals surface area contributed by atoms with Crippen molar-refractivity contribution in [3.63, 3.8) is 0 Å². The van der Waals surface area contributed by atoms with E-state index in [-0.39, 0.29) is 0 Å². The smallest absolute Gasteiger partial charge is 0.247 e. The topological polar surface area (TPSA) is 51.0 Å². The zero-order valence-corrected chi connectivity index (χ0v) is 11.5. The Morgan fingerprint density at radius 2 is 1.75 bits per heavy atom. The van der Waals surface area contributed by atoms with Crippen molar-refractivity contribution in [3.05, 3.63) is 36.2 Å². The summed E-state index contributed by atoms with van der Waals surface area (Å²) in [6.45, 7) is 0.692. The molecule has 4 rings (SSSR count). The third kappa shape index (κ3) is 2.61. The number of hydrogen-bond donors (Lipinski definition) is 1. The van der Waals surface area contributed by atoms with Crippen LogP contribution in [-0.4, -0.2) is 16.2 Å². The van der Waals surface area contributed by atoms with E-state index in [0.717, 1.165) is 17.4 Å². The first kappa shape index (κ1) is 12.1. The molecule has 4 nitrogen and oxygen atoms in total. The lowest BCUT2D eigenvalue weighted by Gasteiger charge is -2.15. The lowest BCUT2D eigenvalue weighted by atomic mass is 10.1. The molecule has 0 unspecified atom stereocenters. The molecule has 0 radical (unpaired) electrons. The molecule has 0 aliphatic heterocycles. The second-order valence-electron chi connectivity index (χ2n) is 5.95. The minimum absolute atomic E-state index is 0.608. The number of nitrogens with zero attached hydrogens (tertiary/aromatic N) is 2. The van der Waals surface area contributed by atoms with Gasteiger partial charge >= 0.3 is 0 Å². The minimum Gasteiger partial charge on any atom is -0.419 e. The third-order valence-corrected chi connectivity index (χ3v) is 4.24. The van der Waals surface area contributed by atoms with Gasteiger partial charge < -0.3 is 9.73 Å². The van der Waals surface area contributed by atoms with Crippen LogP contribution in [0.3, 0.4) is 0 Å². The fraction of sp³-hybridized carbons (Fsp3) is 0.500. The highest BCUT2D eigenvalue weighted by molar-refractivity contribution is 5.51. The number of aromatic nitrogens is 2. The van der Waals surface area contributed by atoms with Crippen molar-refractivity contribution >= 4 is 0 Å². The van der Waals surface area contributed by atoms with Gasteiger partial charge in [-0.2, -0.15) is 0 Å². The summed E-state index contributed by atoms with van der Waals surface area (Å²) in [7, 11) is 0. The van der Waals surface area contributed by atoms with Crippen molar-refractivity contribution < 1.29 is 4.42 Å². The van der Waals surface area contributed by atoms with E-state index in [4.69, 9.17) is 4.42 Å². The molecule has 2 fully saturated rings. The van der Waals surface area contributed by atoms with E-state index in [1.165, 1.54) is 25.7 Å². The van der Waals surface area contributed by atoms with E-state index >= 15 is 0 Å². The van der Waals surface area contributed by atoms with Crippen LogP contribution >= 0.6 is 0 Å². The summed E-state index contributed by atoms with van der Waals surface area (Å²) in [4.78, 5) is 0. The molecule has 0 amide bonds. The molecule has 2 aliphatic rings. The molecule has 1 aromatic carbocycles. The van der Waals surface area contributed by atoms with Gasteiger partial charge in [-0.3, -0.25) is 0 Å². The first-order valence-corrected chi connectivity index (χ1v) is 7.51. The van der Waals surface area contributed by atoms with Gasteiger partial charge in [-0.25, -0.2) is 0 Å². The molecular weight excluding hydrogens is 250 g/mol. The van der Waals surface area contributed by atoms with Crippen molar-refractivity contribution in [1.82, 2.24) is 15.5 Å². The van der Waals surface area contributed by atoms with Gasteiger partial charge in [0.25, 0.3) is 0 Å². The van der Waals surface area contributed by atoms with Crippen LogP contribution in [0.15, 0.2) is 34.7 Å². The monoisotopic (exact) mass is 269 g/mol. The Balaban J connectivity index is 1.41. The minimum atomic E-state index is 0.608. The highest BCUT2D eigenvalue weighted by Crippen LogP contribution is 2.44. The van der Waals surface area contributed by atoms with E-state index in [9.17, 15) is 0 Å². The average molecular weight is 269 g/mol. The van der Waals surface area contributed by atoms with E-state index in [0.29, 0.717) is 24.4 Å². The summed E-state index contributed by atoms with van der Waals surface area (Å²) in [5, 5.41) is 11.9. The second kappa shape index (κ2) is 5.02. The lowest BCUT2D eigenvalue weighted by molar-refractivity contribution is 0.383. The number of nitrogens with one attached hydrogen (secondary N) is 1. The molecule has 2 aromatic rings. The van der Waals surface area contributed by atoms with Crippen LogP contribution in [0.4, 0.5) is 0 Å². The number of rotatable bonds is 6. The maximum absolute atomic E-state index is 5.74. The molecule has 4 heteroatoms. The quantitative estimate of drug-likeness (QED) is 0.875. The van der Waals surface area contributed by atoms with Crippen LogP contribution in [-0.2, 0) is 6.54 Å². The standard InChI is InChI=1S/C16H19N3O/c1-2-4-13(5-3-1)16-19-18-14(20-16)10-17-15(11-6-7-11)12-8-9-12/h1-5,11-12,15,17H,6-10H2. The summed E-state index contributed by atoms with van der Waals surface area (Å²) in [6.07, 6.45) is 5.53. The van der Waals surface area contributed by atoms with Crippen molar-refractivity contribution in [2.75, 3.05) is 0 Å². The Kier molecular flexibility index (Phi) is 3.03. The summed E-state index contributed by atoms with van der Waals surface area (Å²) < 4.78 is 5.74. The van der Waals surface area contributed by atoms with Crippen LogP contribution in [0.25, 0.3) is 11.5 Å². The molecule has 1 aromatic heterocycles.